The van der Waals surface area contributed by atoms with Gasteiger partial charge in [-0.3, -0.25) is 0 Å². The Morgan fingerprint density at radius 1 is 1.04 bits per heavy atom. The van der Waals surface area contributed by atoms with Crippen molar-refractivity contribution in [3.05, 3.63) is 66.4 Å². The summed E-state index contributed by atoms with van der Waals surface area (Å²) in [5.41, 5.74) is 3.38. The fourth-order valence-electron chi connectivity index (χ4n) is 3.79. The van der Waals surface area contributed by atoms with Crippen LogP contribution in [0, 0.1) is 0 Å². The molecule has 1 aliphatic heterocycles. The van der Waals surface area contributed by atoms with E-state index in [9.17, 15) is 0 Å². The highest BCUT2D eigenvalue weighted by Crippen LogP contribution is 2.33. The van der Waals surface area contributed by atoms with Crippen LogP contribution < -0.4 is 10.1 Å². The predicted molar refractivity (Wildman–Crippen MR) is 110 cm³/mol. The average Bonchev–Trinajstić information content (AvgIpc) is 2.73. The summed E-state index contributed by atoms with van der Waals surface area (Å²) >= 11 is 0. The number of para-hydroxylation sites is 1. The van der Waals surface area contributed by atoms with Gasteiger partial charge in [-0.2, -0.15) is 0 Å². The molecule has 1 aliphatic carbocycles. The molecule has 5 nitrogen and oxygen atoms in total. The lowest BCUT2D eigenvalue weighted by atomic mass is 9.89. The molecule has 0 radical (unpaired) electrons. The summed E-state index contributed by atoms with van der Waals surface area (Å²) in [4.78, 5) is 9.18. The van der Waals surface area contributed by atoms with Gasteiger partial charge in [-0.25, -0.2) is 9.97 Å². The first-order chi connectivity index (χ1) is 13.8. The van der Waals surface area contributed by atoms with Gasteiger partial charge < -0.3 is 14.8 Å². The molecule has 1 N–H and O–H groups in total. The van der Waals surface area contributed by atoms with E-state index in [2.05, 4.69) is 34.6 Å². The van der Waals surface area contributed by atoms with Crippen molar-refractivity contribution in [3.63, 3.8) is 0 Å². The third-order valence-electron chi connectivity index (χ3n) is 5.40. The van der Waals surface area contributed by atoms with Crippen LogP contribution in [0.5, 0.6) is 5.88 Å². The molecule has 142 valence electrons. The standard InChI is InChI=1S/C23H23N3O2/c1-2-6-21-17(4-1)7-8-22(26-21)25-18-14-19(15-18)28-23-20(5-3-11-24-23)16-9-12-27-13-10-16/h1-9,11,18-19H,10,12-15H2,(H,25,26). The summed E-state index contributed by atoms with van der Waals surface area (Å²) in [6.45, 7) is 1.42. The van der Waals surface area contributed by atoms with E-state index in [4.69, 9.17) is 14.5 Å². The number of hydrogen-bond donors (Lipinski definition) is 1. The van der Waals surface area contributed by atoms with E-state index in [1.165, 1.54) is 5.57 Å². The molecule has 1 fully saturated rings. The average molecular weight is 373 g/mol. The maximum absolute atomic E-state index is 6.22. The van der Waals surface area contributed by atoms with Gasteiger partial charge in [0.15, 0.2) is 0 Å². The summed E-state index contributed by atoms with van der Waals surface area (Å²) in [5, 5.41) is 4.68. The number of anilines is 1. The normalized spacial score (nSPS) is 21.6. The minimum absolute atomic E-state index is 0.187. The van der Waals surface area contributed by atoms with Crippen LogP contribution in [0.3, 0.4) is 0 Å². The van der Waals surface area contributed by atoms with Gasteiger partial charge in [0.1, 0.15) is 11.9 Å². The van der Waals surface area contributed by atoms with Crippen LogP contribution in [-0.4, -0.2) is 35.3 Å². The molecule has 0 bridgehead atoms. The number of hydrogen-bond acceptors (Lipinski definition) is 5. The molecule has 3 aromatic rings. The minimum Gasteiger partial charge on any atom is -0.474 e. The number of benzene rings is 1. The zero-order valence-corrected chi connectivity index (χ0v) is 15.7. The first-order valence-corrected chi connectivity index (χ1v) is 9.86. The number of pyridine rings is 2. The summed E-state index contributed by atoms with van der Waals surface area (Å²) < 4.78 is 11.6. The van der Waals surface area contributed by atoms with Crippen LogP contribution in [0.2, 0.25) is 0 Å². The van der Waals surface area contributed by atoms with Crippen molar-refractivity contribution in [1.29, 1.82) is 0 Å². The number of rotatable bonds is 5. The molecule has 1 saturated carbocycles. The van der Waals surface area contributed by atoms with Crippen molar-refractivity contribution in [2.45, 2.75) is 31.4 Å². The highest BCUT2D eigenvalue weighted by atomic mass is 16.5. The molecule has 5 rings (SSSR count). The molecule has 5 heteroatoms. The van der Waals surface area contributed by atoms with Crippen molar-refractivity contribution in [1.82, 2.24) is 9.97 Å². The zero-order chi connectivity index (χ0) is 18.8. The third-order valence-corrected chi connectivity index (χ3v) is 5.40. The molecule has 0 saturated heterocycles. The van der Waals surface area contributed by atoms with E-state index in [-0.39, 0.29) is 6.10 Å². The Hall–Kier alpha value is -2.92. The van der Waals surface area contributed by atoms with E-state index in [0.29, 0.717) is 12.6 Å². The van der Waals surface area contributed by atoms with Gasteiger partial charge in [0, 0.05) is 36.0 Å². The number of fused-ring (bicyclic) bond motifs is 1. The topological polar surface area (TPSA) is 56.3 Å². The van der Waals surface area contributed by atoms with Crippen LogP contribution in [-0.2, 0) is 4.74 Å². The Balaban J connectivity index is 1.21. The van der Waals surface area contributed by atoms with Gasteiger partial charge in [0.25, 0.3) is 0 Å². The molecule has 2 aliphatic rings. The van der Waals surface area contributed by atoms with E-state index in [1.807, 2.05) is 30.3 Å². The number of ether oxygens (including phenoxy) is 2. The summed E-state index contributed by atoms with van der Waals surface area (Å²) in [5.74, 6) is 1.66. The van der Waals surface area contributed by atoms with Crippen LogP contribution in [0.1, 0.15) is 24.8 Å². The van der Waals surface area contributed by atoms with Crippen molar-refractivity contribution in [2.75, 3.05) is 18.5 Å². The van der Waals surface area contributed by atoms with Gasteiger partial charge in [-0.1, -0.05) is 24.3 Å². The fourth-order valence-corrected chi connectivity index (χ4v) is 3.79. The molecule has 0 spiro atoms. The predicted octanol–water partition coefficient (Wildman–Crippen LogP) is 4.46. The second kappa shape index (κ2) is 7.60. The quantitative estimate of drug-likeness (QED) is 0.716. The highest BCUT2D eigenvalue weighted by molar-refractivity contribution is 5.80. The van der Waals surface area contributed by atoms with Gasteiger partial charge >= 0.3 is 0 Å². The van der Waals surface area contributed by atoms with Crippen LogP contribution >= 0.6 is 0 Å². The molecule has 2 aromatic heterocycles. The molecule has 0 amide bonds. The maximum atomic E-state index is 6.22. The van der Waals surface area contributed by atoms with E-state index in [1.54, 1.807) is 6.20 Å². The SMILES string of the molecule is C1=C(c2cccnc2OC2CC(Nc3ccc4ccccc4n3)C2)CCOC1. The van der Waals surface area contributed by atoms with Crippen LogP contribution in [0.15, 0.2) is 60.8 Å². The number of aromatic nitrogens is 2. The third kappa shape index (κ3) is 3.58. The smallest absolute Gasteiger partial charge is 0.221 e. The molecule has 0 unspecified atom stereocenters. The lowest BCUT2D eigenvalue weighted by Gasteiger charge is -2.36. The Bertz CT molecular complexity index is 1010. The molecule has 0 atom stereocenters. The minimum atomic E-state index is 0.187. The number of nitrogens with zero attached hydrogens (tertiary/aromatic N) is 2. The largest absolute Gasteiger partial charge is 0.474 e. The first kappa shape index (κ1) is 17.2. The maximum Gasteiger partial charge on any atom is 0.221 e. The van der Waals surface area contributed by atoms with Crippen molar-refractivity contribution >= 4 is 22.3 Å². The van der Waals surface area contributed by atoms with Gasteiger partial charge in [-0.05, 0) is 42.3 Å². The lowest BCUT2D eigenvalue weighted by Crippen LogP contribution is -2.43. The summed E-state index contributed by atoms with van der Waals surface area (Å²) in [7, 11) is 0. The molecule has 3 heterocycles. The monoisotopic (exact) mass is 373 g/mol. The van der Waals surface area contributed by atoms with Crippen molar-refractivity contribution in [2.24, 2.45) is 0 Å². The summed E-state index contributed by atoms with van der Waals surface area (Å²) in [6, 6.07) is 16.8. The van der Waals surface area contributed by atoms with Crippen LogP contribution in [0.25, 0.3) is 16.5 Å². The van der Waals surface area contributed by atoms with Crippen molar-refractivity contribution in [3.8, 4) is 5.88 Å². The molecular weight excluding hydrogens is 350 g/mol. The van der Waals surface area contributed by atoms with E-state index >= 15 is 0 Å². The first-order valence-electron chi connectivity index (χ1n) is 9.86. The lowest BCUT2D eigenvalue weighted by molar-refractivity contribution is 0.102. The Morgan fingerprint density at radius 2 is 1.96 bits per heavy atom. The van der Waals surface area contributed by atoms with E-state index in [0.717, 1.165) is 54.0 Å². The summed E-state index contributed by atoms with van der Waals surface area (Å²) in [6.07, 6.45) is 6.92. The molecule has 1 aromatic carbocycles. The Morgan fingerprint density at radius 3 is 2.86 bits per heavy atom. The molecule has 28 heavy (non-hydrogen) atoms. The van der Waals surface area contributed by atoms with Gasteiger partial charge in [0.05, 0.1) is 18.7 Å². The Kier molecular flexibility index (Phi) is 4.67. The van der Waals surface area contributed by atoms with Crippen LogP contribution in [0.4, 0.5) is 5.82 Å². The van der Waals surface area contributed by atoms with Gasteiger partial charge in [0.2, 0.25) is 5.88 Å². The highest BCUT2D eigenvalue weighted by Gasteiger charge is 2.32. The van der Waals surface area contributed by atoms with Gasteiger partial charge in [-0.15, -0.1) is 0 Å². The van der Waals surface area contributed by atoms with E-state index < -0.39 is 0 Å². The fraction of sp³-hybridized carbons (Fsp3) is 0.304. The number of nitrogens with one attached hydrogen (secondary N) is 1. The Labute approximate surface area is 164 Å². The second-order valence-corrected chi connectivity index (χ2v) is 7.35. The van der Waals surface area contributed by atoms with Crippen molar-refractivity contribution < 1.29 is 9.47 Å². The molecular formula is C23H23N3O2. The zero-order valence-electron chi connectivity index (χ0n) is 15.7. The second-order valence-electron chi connectivity index (χ2n) is 7.35.